The number of nitrogens with one attached hydrogen (secondary N) is 2. The van der Waals surface area contributed by atoms with Crippen LogP contribution in [0.1, 0.15) is 20.3 Å². The largest absolute Gasteiger partial charge is 0.391 e. The molecule has 3 N–H and O–H groups in total. The van der Waals surface area contributed by atoms with Crippen molar-refractivity contribution < 1.29 is 23.5 Å². The van der Waals surface area contributed by atoms with Crippen LogP contribution in [0.25, 0.3) is 0 Å². The molecule has 5 nitrogen and oxygen atoms in total. The number of aliphatic hydroxyl groups is 1. The van der Waals surface area contributed by atoms with E-state index in [1.54, 1.807) is 6.92 Å². The van der Waals surface area contributed by atoms with Crippen molar-refractivity contribution >= 4 is 17.5 Å². The Hall–Kier alpha value is -2.02. The summed E-state index contributed by atoms with van der Waals surface area (Å²) in [5, 5.41) is 13.7. The molecule has 1 rings (SSSR count). The highest BCUT2D eigenvalue weighted by Crippen LogP contribution is 2.17. The molecule has 0 spiro atoms. The molecule has 0 bridgehead atoms. The molecule has 1 aromatic carbocycles. The molecular weight excluding hydrogens is 282 g/mol. The van der Waals surface area contributed by atoms with Gasteiger partial charge in [0.05, 0.1) is 6.10 Å². The number of rotatable bonds is 5. The van der Waals surface area contributed by atoms with Crippen molar-refractivity contribution in [1.82, 2.24) is 5.32 Å². The second kappa shape index (κ2) is 7.68. The van der Waals surface area contributed by atoms with E-state index in [1.165, 1.54) is 0 Å². The van der Waals surface area contributed by atoms with Crippen LogP contribution in [0.4, 0.5) is 14.5 Å². The van der Waals surface area contributed by atoms with E-state index in [2.05, 4.69) is 5.32 Å². The molecule has 0 saturated heterocycles. The van der Waals surface area contributed by atoms with Gasteiger partial charge in [0.1, 0.15) is 17.3 Å². The average Bonchev–Trinajstić information content (AvgIpc) is 2.47. The third-order valence-corrected chi connectivity index (χ3v) is 3.18. The van der Waals surface area contributed by atoms with Gasteiger partial charge in [-0.3, -0.25) is 9.59 Å². The van der Waals surface area contributed by atoms with Crippen LogP contribution in [-0.2, 0) is 9.59 Å². The second-order valence-corrected chi connectivity index (χ2v) is 4.71. The van der Waals surface area contributed by atoms with Gasteiger partial charge in [0.2, 0.25) is 0 Å². The maximum Gasteiger partial charge on any atom is 0.313 e. The molecule has 2 unspecified atom stereocenters. The van der Waals surface area contributed by atoms with Crippen molar-refractivity contribution in [3.63, 3.8) is 0 Å². The Bertz CT molecular complexity index is 503. The van der Waals surface area contributed by atoms with Crippen molar-refractivity contribution in [2.24, 2.45) is 5.92 Å². The SMILES string of the molecule is CCC(C)C(O)CNC(=O)C(=O)Nc1c(F)cccc1F. The minimum absolute atomic E-state index is 0.0441. The fourth-order valence-corrected chi connectivity index (χ4v) is 1.54. The van der Waals surface area contributed by atoms with Crippen LogP contribution in [0.3, 0.4) is 0 Å². The molecule has 0 saturated carbocycles. The maximum absolute atomic E-state index is 13.3. The zero-order valence-corrected chi connectivity index (χ0v) is 11.8. The van der Waals surface area contributed by atoms with Gasteiger partial charge in [-0.1, -0.05) is 26.3 Å². The Morgan fingerprint density at radius 1 is 1.24 bits per heavy atom. The standard InChI is InChI=1S/C14H18F2N2O3/c1-3-8(2)11(19)7-17-13(20)14(21)18-12-9(15)5-4-6-10(12)16/h4-6,8,11,19H,3,7H2,1-2H3,(H,17,20)(H,18,21). The van der Waals surface area contributed by atoms with Gasteiger partial charge >= 0.3 is 11.8 Å². The summed E-state index contributed by atoms with van der Waals surface area (Å²) in [5.74, 6) is -4.26. The van der Waals surface area contributed by atoms with Crippen molar-refractivity contribution in [2.45, 2.75) is 26.4 Å². The van der Waals surface area contributed by atoms with E-state index in [4.69, 9.17) is 0 Å². The second-order valence-electron chi connectivity index (χ2n) is 4.71. The van der Waals surface area contributed by atoms with E-state index in [-0.39, 0.29) is 12.5 Å². The fourth-order valence-electron chi connectivity index (χ4n) is 1.54. The molecule has 7 heteroatoms. The van der Waals surface area contributed by atoms with Gasteiger partial charge in [-0.25, -0.2) is 8.78 Å². The molecule has 116 valence electrons. The van der Waals surface area contributed by atoms with Gasteiger partial charge in [-0.05, 0) is 18.1 Å². The Labute approximate surface area is 121 Å². The van der Waals surface area contributed by atoms with E-state index < -0.39 is 35.2 Å². The lowest BCUT2D eigenvalue weighted by Gasteiger charge is -2.17. The highest BCUT2D eigenvalue weighted by molar-refractivity contribution is 6.39. The first-order valence-electron chi connectivity index (χ1n) is 6.58. The lowest BCUT2D eigenvalue weighted by molar-refractivity contribution is -0.136. The van der Waals surface area contributed by atoms with Crippen molar-refractivity contribution in [3.05, 3.63) is 29.8 Å². The van der Waals surface area contributed by atoms with Gasteiger partial charge in [0, 0.05) is 6.54 Å². The average molecular weight is 300 g/mol. The first kappa shape index (κ1) is 17.0. The van der Waals surface area contributed by atoms with Crippen LogP contribution >= 0.6 is 0 Å². The summed E-state index contributed by atoms with van der Waals surface area (Å²) in [6.45, 7) is 3.57. The van der Waals surface area contributed by atoms with E-state index in [1.807, 2.05) is 12.2 Å². The quantitative estimate of drug-likeness (QED) is 0.720. The van der Waals surface area contributed by atoms with Crippen LogP contribution in [0.2, 0.25) is 0 Å². The monoisotopic (exact) mass is 300 g/mol. The zero-order valence-electron chi connectivity index (χ0n) is 11.8. The predicted octanol–water partition coefficient (Wildman–Crippen LogP) is 1.43. The molecule has 0 fully saturated rings. The highest BCUT2D eigenvalue weighted by Gasteiger charge is 2.20. The van der Waals surface area contributed by atoms with Gasteiger partial charge < -0.3 is 15.7 Å². The van der Waals surface area contributed by atoms with Gasteiger partial charge in [0.25, 0.3) is 0 Å². The Balaban J connectivity index is 2.58. The number of carbonyl (C=O) groups is 2. The lowest BCUT2D eigenvalue weighted by atomic mass is 10.0. The fraction of sp³-hybridized carbons (Fsp3) is 0.429. The molecular formula is C14H18F2N2O3. The highest BCUT2D eigenvalue weighted by atomic mass is 19.1. The summed E-state index contributed by atoms with van der Waals surface area (Å²) in [4.78, 5) is 23.0. The van der Waals surface area contributed by atoms with Crippen molar-refractivity contribution in [1.29, 1.82) is 0 Å². The molecule has 0 aliphatic heterocycles. The van der Waals surface area contributed by atoms with Crippen molar-refractivity contribution in [3.8, 4) is 0 Å². The number of para-hydroxylation sites is 1. The number of amides is 2. The van der Waals surface area contributed by atoms with Gasteiger partial charge in [-0.2, -0.15) is 0 Å². The summed E-state index contributed by atoms with van der Waals surface area (Å²) in [6.07, 6.45) is -0.0825. The minimum Gasteiger partial charge on any atom is -0.391 e. The first-order chi connectivity index (χ1) is 9.86. The molecule has 21 heavy (non-hydrogen) atoms. The zero-order chi connectivity index (χ0) is 16.0. The molecule has 0 radical (unpaired) electrons. The third kappa shape index (κ3) is 4.78. The number of benzene rings is 1. The van der Waals surface area contributed by atoms with E-state index in [0.29, 0.717) is 6.42 Å². The predicted molar refractivity (Wildman–Crippen MR) is 73.5 cm³/mol. The number of hydrogen-bond donors (Lipinski definition) is 3. The molecule has 0 aliphatic rings. The number of aliphatic hydroxyl groups excluding tert-OH is 1. The summed E-state index contributed by atoms with van der Waals surface area (Å²) in [7, 11) is 0. The van der Waals surface area contributed by atoms with Gasteiger partial charge in [-0.15, -0.1) is 0 Å². The van der Waals surface area contributed by atoms with Crippen LogP contribution in [0.5, 0.6) is 0 Å². The first-order valence-corrected chi connectivity index (χ1v) is 6.58. The third-order valence-electron chi connectivity index (χ3n) is 3.18. The molecule has 2 amide bonds. The molecule has 0 aliphatic carbocycles. The maximum atomic E-state index is 13.3. The number of carbonyl (C=O) groups excluding carboxylic acids is 2. The summed E-state index contributed by atoms with van der Waals surface area (Å²) < 4.78 is 26.6. The molecule has 0 aromatic heterocycles. The van der Waals surface area contributed by atoms with E-state index in [0.717, 1.165) is 18.2 Å². The Morgan fingerprint density at radius 2 is 1.81 bits per heavy atom. The Kier molecular flexibility index (Phi) is 6.23. The van der Waals surface area contributed by atoms with Crippen molar-refractivity contribution in [2.75, 3.05) is 11.9 Å². The number of hydrogen-bond acceptors (Lipinski definition) is 3. The smallest absolute Gasteiger partial charge is 0.313 e. The Morgan fingerprint density at radius 3 is 2.33 bits per heavy atom. The van der Waals surface area contributed by atoms with Crippen LogP contribution in [0.15, 0.2) is 18.2 Å². The topological polar surface area (TPSA) is 78.4 Å². The summed E-state index contributed by atoms with van der Waals surface area (Å²) in [5.41, 5.74) is -0.680. The van der Waals surface area contributed by atoms with Gasteiger partial charge in [0.15, 0.2) is 0 Å². The normalized spacial score (nSPS) is 13.4. The van der Waals surface area contributed by atoms with E-state index in [9.17, 15) is 23.5 Å². The number of halogens is 2. The molecule has 1 aromatic rings. The molecule has 2 atom stereocenters. The summed E-state index contributed by atoms with van der Waals surface area (Å²) >= 11 is 0. The summed E-state index contributed by atoms with van der Waals surface area (Å²) in [6, 6.07) is 3.06. The molecule has 0 heterocycles. The van der Waals surface area contributed by atoms with Crippen LogP contribution in [0, 0.1) is 17.6 Å². The number of anilines is 1. The van der Waals surface area contributed by atoms with Crippen LogP contribution in [-0.4, -0.2) is 29.6 Å². The van der Waals surface area contributed by atoms with Crippen LogP contribution < -0.4 is 10.6 Å². The minimum atomic E-state index is -1.20. The van der Waals surface area contributed by atoms with E-state index >= 15 is 0 Å². The lowest BCUT2D eigenvalue weighted by Crippen LogP contribution is -2.41.